The second-order valence-electron chi connectivity index (χ2n) is 4.93. The first-order valence-corrected chi connectivity index (χ1v) is 10.0. The maximum absolute atomic E-state index is 12.6. The number of nitrogens with zero attached hydrogens (tertiary/aromatic N) is 4. The molecule has 8 nitrogen and oxygen atoms in total. The van der Waals surface area contributed by atoms with E-state index in [2.05, 4.69) is 21.4 Å². The molecule has 0 radical (unpaired) electrons. The average molecular weight is 381 g/mol. The van der Waals surface area contributed by atoms with Crippen LogP contribution in [0.2, 0.25) is 0 Å². The molecular formula is C15H19N5O3S2. The number of pyridine rings is 1. The third-order valence-corrected chi connectivity index (χ3v) is 6.38. The van der Waals surface area contributed by atoms with Crippen LogP contribution >= 0.6 is 11.8 Å². The minimum absolute atomic E-state index is 0.107. The molecule has 2 rings (SSSR count). The number of hydrogen-bond acceptors (Lipinski definition) is 6. The summed E-state index contributed by atoms with van der Waals surface area (Å²) in [7, 11) is -3.58. The van der Waals surface area contributed by atoms with Crippen LogP contribution in [0.15, 0.2) is 28.4 Å². The van der Waals surface area contributed by atoms with Crippen molar-refractivity contribution in [3.8, 4) is 12.3 Å². The van der Waals surface area contributed by atoms with Crippen molar-refractivity contribution in [2.45, 2.75) is 23.9 Å². The Morgan fingerprint density at radius 1 is 1.36 bits per heavy atom. The van der Waals surface area contributed by atoms with Gasteiger partial charge in [0.25, 0.3) is 0 Å². The quantitative estimate of drug-likeness (QED) is 0.531. The van der Waals surface area contributed by atoms with Gasteiger partial charge in [-0.05, 0) is 12.1 Å². The SMILES string of the molecule is C#CCNC(=O)CSc1nnc2ccc(S(=O)(=O)N(CC)CC)cn12. The van der Waals surface area contributed by atoms with Crippen molar-refractivity contribution in [2.75, 3.05) is 25.4 Å². The lowest BCUT2D eigenvalue weighted by Crippen LogP contribution is -2.30. The smallest absolute Gasteiger partial charge is 0.244 e. The molecule has 25 heavy (non-hydrogen) atoms. The summed E-state index contributed by atoms with van der Waals surface area (Å²) in [5.41, 5.74) is 0.505. The third-order valence-electron chi connectivity index (χ3n) is 3.41. The largest absolute Gasteiger partial charge is 0.344 e. The molecule has 2 aromatic heterocycles. The van der Waals surface area contributed by atoms with Gasteiger partial charge in [0.05, 0.1) is 17.2 Å². The second kappa shape index (κ2) is 8.33. The Balaban J connectivity index is 2.28. The monoisotopic (exact) mass is 381 g/mol. The Morgan fingerprint density at radius 3 is 2.72 bits per heavy atom. The number of hydrogen-bond donors (Lipinski definition) is 1. The number of terminal acetylenes is 1. The van der Waals surface area contributed by atoms with Crippen LogP contribution < -0.4 is 5.32 Å². The van der Waals surface area contributed by atoms with E-state index in [-0.39, 0.29) is 23.1 Å². The summed E-state index contributed by atoms with van der Waals surface area (Å²) in [6.45, 7) is 4.50. The summed E-state index contributed by atoms with van der Waals surface area (Å²) in [4.78, 5) is 11.8. The molecule has 0 unspecified atom stereocenters. The molecule has 0 spiro atoms. The zero-order valence-electron chi connectivity index (χ0n) is 14.0. The van der Waals surface area contributed by atoms with Gasteiger partial charge >= 0.3 is 0 Å². The van der Waals surface area contributed by atoms with Crippen LogP contribution in [0, 0.1) is 12.3 Å². The Kier molecular flexibility index (Phi) is 6.41. The topological polar surface area (TPSA) is 96.7 Å². The number of carbonyl (C=O) groups is 1. The van der Waals surface area contributed by atoms with Crippen molar-refractivity contribution in [2.24, 2.45) is 0 Å². The van der Waals surface area contributed by atoms with Crippen LogP contribution in [0.3, 0.4) is 0 Å². The van der Waals surface area contributed by atoms with Gasteiger partial charge in [0.2, 0.25) is 15.9 Å². The van der Waals surface area contributed by atoms with Crippen LogP contribution in [0.4, 0.5) is 0 Å². The van der Waals surface area contributed by atoms with Crippen molar-refractivity contribution in [1.82, 2.24) is 24.2 Å². The summed E-state index contributed by atoms with van der Waals surface area (Å²) in [6, 6.07) is 3.09. The number of aromatic nitrogens is 3. The van der Waals surface area contributed by atoms with Gasteiger partial charge in [0.1, 0.15) is 0 Å². The van der Waals surface area contributed by atoms with Crippen LogP contribution in [0.1, 0.15) is 13.8 Å². The summed E-state index contributed by atoms with van der Waals surface area (Å²) in [5, 5.41) is 11.0. The third kappa shape index (κ3) is 4.31. The number of sulfonamides is 1. The maximum Gasteiger partial charge on any atom is 0.244 e. The first-order chi connectivity index (χ1) is 11.9. The van der Waals surface area contributed by atoms with Gasteiger partial charge in [-0.2, -0.15) is 4.31 Å². The van der Waals surface area contributed by atoms with Gasteiger partial charge in [0, 0.05) is 19.3 Å². The van der Waals surface area contributed by atoms with E-state index < -0.39 is 10.0 Å². The predicted octanol–water partition coefficient (Wildman–Crippen LogP) is 0.601. The van der Waals surface area contributed by atoms with E-state index in [0.717, 1.165) is 11.8 Å². The fourth-order valence-electron chi connectivity index (χ4n) is 2.14. The molecule has 0 aliphatic rings. The molecule has 0 fully saturated rings. The number of rotatable bonds is 8. The van der Waals surface area contributed by atoms with Gasteiger partial charge in [-0.25, -0.2) is 8.42 Å². The van der Waals surface area contributed by atoms with E-state index in [1.807, 2.05) is 0 Å². The van der Waals surface area contributed by atoms with Crippen LogP contribution in [-0.4, -0.2) is 58.6 Å². The zero-order chi connectivity index (χ0) is 18.4. The fraction of sp³-hybridized carbons (Fsp3) is 0.400. The van der Waals surface area contributed by atoms with E-state index in [9.17, 15) is 13.2 Å². The second-order valence-corrected chi connectivity index (χ2v) is 7.81. The molecule has 0 saturated heterocycles. The van der Waals surface area contributed by atoms with E-state index in [1.54, 1.807) is 24.3 Å². The maximum atomic E-state index is 12.6. The highest BCUT2D eigenvalue weighted by Crippen LogP contribution is 2.21. The molecule has 0 saturated carbocycles. The highest BCUT2D eigenvalue weighted by molar-refractivity contribution is 7.99. The molecule has 1 N–H and O–H groups in total. The summed E-state index contributed by atoms with van der Waals surface area (Å²) in [6.07, 6.45) is 6.56. The molecule has 2 aromatic rings. The number of amides is 1. The van der Waals surface area contributed by atoms with Crippen molar-refractivity contribution in [3.63, 3.8) is 0 Å². The van der Waals surface area contributed by atoms with Gasteiger partial charge in [-0.3, -0.25) is 9.20 Å². The van der Waals surface area contributed by atoms with E-state index in [0.29, 0.717) is 23.9 Å². The van der Waals surface area contributed by atoms with Crippen molar-refractivity contribution < 1.29 is 13.2 Å². The average Bonchev–Trinajstić information content (AvgIpc) is 3.01. The summed E-state index contributed by atoms with van der Waals surface area (Å²) >= 11 is 1.15. The lowest BCUT2D eigenvalue weighted by molar-refractivity contribution is -0.118. The van der Waals surface area contributed by atoms with Crippen molar-refractivity contribution in [3.05, 3.63) is 18.3 Å². The lowest BCUT2D eigenvalue weighted by Gasteiger charge is -2.18. The van der Waals surface area contributed by atoms with Crippen molar-refractivity contribution in [1.29, 1.82) is 0 Å². The Bertz CT molecular complexity index is 898. The number of nitrogens with one attached hydrogen (secondary N) is 1. The molecule has 0 aliphatic carbocycles. The molecule has 134 valence electrons. The molecule has 0 bridgehead atoms. The number of thioether (sulfide) groups is 1. The fourth-order valence-corrected chi connectivity index (χ4v) is 4.35. The molecule has 0 aromatic carbocycles. The van der Waals surface area contributed by atoms with E-state index >= 15 is 0 Å². The first-order valence-electron chi connectivity index (χ1n) is 7.61. The minimum Gasteiger partial charge on any atom is -0.344 e. The van der Waals surface area contributed by atoms with E-state index in [1.165, 1.54) is 16.6 Å². The zero-order valence-corrected chi connectivity index (χ0v) is 15.6. The van der Waals surface area contributed by atoms with Crippen molar-refractivity contribution >= 4 is 33.3 Å². The molecular weight excluding hydrogens is 362 g/mol. The minimum atomic E-state index is -3.58. The van der Waals surface area contributed by atoms with Gasteiger partial charge in [-0.1, -0.05) is 31.5 Å². The van der Waals surface area contributed by atoms with Crippen LogP contribution in [0.5, 0.6) is 0 Å². The summed E-state index contributed by atoms with van der Waals surface area (Å²) in [5.74, 6) is 2.20. The molecule has 2 heterocycles. The molecule has 10 heteroatoms. The molecule has 0 aliphatic heterocycles. The lowest BCUT2D eigenvalue weighted by atomic mass is 10.5. The highest BCUT2D eigenvalue weighted by atomic mass is 32.2. The van der Waals surface area contributed by atoms with Crippen LogP contribution in [-0.2, 0) is 14.8 Å². The predicted molar refractivity (Wildman–Crippen MR) is 95.7 cm³/mol. The molecule has 0 atom stereocenters. The number of carbonyl (C=O) groups excluding carboxylic acids is 1. The summed E-state index contributed by atoms with van der Waals surface area (Å²) < 4.78 is 28.2. The van der Waals surface area contributed by atoms with E-state index in [4.69, 9.17) is 6.42 Å². The Labute approximate surface area is 151 Å². The standard InChI is InChI=1S/C15H19N5O3S2/c1-4-9-16-14(21)11-24-15-18-17-13-8-7-12(10-20(13)15)25(22,23)19(5-2)6-3/h1,7-8,10H,5-6,9,11H2,2-3H3,(H,16,21). The highest BCUT2D eigenvalue weighted by Gasteiger charge is 2.22. The molecule has 1 amide bonds. The number of fused-ring (bicyclic) bond motifs is 1. The first kappa shape index (κ1) is 19.2. The Morgan fingerprint density at radius 2 is 2.08 bits per heavy atom. The van der Waals surface area contributed by atoms with Gasteiger partial charge in [0.15, 0.2) is 10.8 Å². The Hall–Kier alpha value is -2.09. The van der Waals surface area contributed by atoms with Gasteiger partial charge in [-0.15, -0.1) is 16.6 Å². The van der Waals surface area contributed by atoms with Gasteiger partial charge < -0.3 is 5.32 Å². The normalized spacial score (nSPS) is 11.6. The van der Waals surface area contributed by atoms with Crippen LogP contribution in [0.25, 0.3) is 5.65 Å².